The summed E-state index contributed by atoms with van der Waals surface area (Å²) in [4.78, 5) is 0. The summed E-state index contributed by atoms with van der Waals surface area (Å²) < 4.78 is 33.3. The first kappa shape index (κ1) is 18.8. The van der Waals surface area contributed by atoms with Crippen molar-refractivity contribution >= 4 is 5.69 Å². The van der Waals surface area contributed by atoms with Gasteiger partial charge in [-0.25, -0.2) is 0 Å². The normalized spacial score (nSPS) is 19.7. The van der Waals surface area contributed by atoms with Crippen molar-refractivity contribution in [1.29, 1.82) is 0 Å². The van der Waals surface area contributed by atoms with Gasteiger partial charge in [0.15, 0.2) is 11.5 Å². The Balaban J connectivity index is 1.82. The van der Waals surface area contributed by atoms with Gasteiger partial charge in [-0.1, -0.05) is 0 Å². The monoisotopic (exact) mass is 341 g/mol. The largest absolute Gasteiger partial charge is 0.487 e. The molecular formula is C17H27NO6. The van der Waals surface area contributed by atoms with Gasteiger partial charge in [0.05, 0.1) is 39.6 Å². The van der Waals surface area contributed by atoms with Crippen molar-refractivity contribution in [3.63, 3.8) is 0 Å². The van der Waals surface area contributed by atoms with Crippen LogP contribution in [0.25, 0.3) is 0 Å². The minimum absolute atomic E-state index is 0.421. The second kappa shape index (κ2) is 11.9. The van der Waals surface area contributed by atoms with E-state index in [4.69, 9.17) is 34.2 Å². The Morgan fingerprint density at radius 1 is 0.583 bits per heavy atom. The van der Waals surface area contributed by atoms with E-state index in [1.165, 1.54) is 0 Å². The zero-order valence-electron chi connectivity index (χ0n) is 14.0. The van der Waals surface area contributed by atoms with Crippen LogP contribution in [0.3, 0.4) is 0 Å². The zero-order chi connectivity index (χ0) is 16.9. The average Bonchev–Trinajstić information content (AvgIpc) is 2.58. The van der Waals surface area contributed by atoms with E-state index in [0.29, 0.717) is 83.3 Å². The summed E-state index contributed by atoms with van der Waals surface area (Å²) >= 11 is 0. The highest BCUT2D eigenvalue weighted by molar-refractivity contribution is 5.51. The number of fused-ring (bicyclic) bond motifs is 1. The molecule has 1 aliphatic heterocycles. The molecule has 0 saturated heterocycles. The van der Waals surface area contributed by atoms with E-state index in [2.05, 4.69) is 0 Å². The van der Waals surface area contributed by atoms with Crippen LogP contribution in [0, 0.1) is 0 Å². The highest BCUT2D eigenvalue weighted by Gasteiger charge is 2.06. The smallest absolute Gasteiger partial charge is 0.163 e. The Bertz CT molecular complexity index is 457. The lowest BCUT2D eigenvalue weighted by Crippen LogP contribution is -2.12. The third-order valence-electron chi connectivity index (χ3n) is 3.26. The molecule has 0 fully saturated rings. The van der Waals surface area contributed by atoms with Gasteiger partial charge in [0, 0.05) is 25.0 Å². The van der Waals surface area contributed by atoms with E-state index in [9.17, 15) is 0 Å². The molecule has 0 amide bonds. The van der Waals surface area contributed by atoms with Gasteiger partial charge in [0.1, 0.15) is 13.2 Å². The van der Waals surface area contributed by atoms with Crippen LogP contribution in [0.5, 0.6) is 11.5 Å². The maximum atomic E-state index is 5.81. The lowest BCUT2D eigenvalue weighted by atomic mass is 10.3. The second-order valence-electron chi connectivity index (χ2n) is 5.21. The number of rotatable bonds is 0. The molecule has 0 saturated carbocycles. The van der Waals surface area contributed by atoms with E-state index in [1.807, 2.05) is 0 Å². The quantitative estimate of drug-likeness (QED) is 0.716. The Kier molecular flexibility index (Phi) is 9.33. The summed E-state index contributed by atoms with van der Waals surface area (Å²) in [5.74, 6) is 1.25. The summed E-state index contributed by atoms with van der Waals surface area (Å²) in [7, 11) is 0. The van der Waals surface area contributed by atoms with Gasteiger partial charge < -0.3 is 34.2 Å². The standard InChI is InChI=1S/C17H27NO6/c18-15-2-3-16-17(14-15)24-13-11-22-9-7-20-5-1-4-19-6-8-21-10-12-23-16/h2-3,14H,1,4-13,18H2. The van der Waals surface area contributed by atoms with Crippen molar-refractivity contribution in [2.75, 3.05) is 71.8 Å². The van der Waals surface area contributed by atoms with E-state index in [-0.39, 0.29) is 0 Å². The Morgan fingerprint density at radius 2 is 1.08 bits per heavy atom. The molecular weight excluding hydrogens is 314 g/mol. The van der Waals surface area contributed by atoms with Crippen LogP contribution in [0.1, 0.15) is 6.42 Å². The number of nitrogen functional groups attached to an aromatic ring is 1. The summed E-state index contributed by atoms with van der Waals surface area (Å²) in [5.41, 5.74) is 6.43. The molecule has 7 heteroatoms. The average molecular weight is 341 g/mol. The SMILES string of the molecule is Nc1ccc2c(c1)OCCOCCOCCCOCCOCCO2. The molecule has 2 N–H and O–H groups in total. The minimum atomic E-state index is 0.421. The minimum Gasteiger partial charge on any atom is -0.487 e. The van der Waals surface area contributed by atoms with Crippen LogP contribution < -0.4 is 15.2 Å². The first-order valence-electron chi connectivity index (χ1n) is 8.32. The van der Waals surface area contributed by atoms with Crippen LogP contribution >= 0.6 is 0 Å². The molecule has 1 aromatic carbocycles. The van der Waals surface area contributed by atoms with Crippen molar-refractivity contribution in [1.82, 2.24) is 0 Å². The number of hydrogen-bond acceptors (Lipinski definition) is 7. The molecule has 0 radical (unpaired) electrons. The number of hydrogen-bond donors (Lipinski definition) is 1. The van der Waals surface area contributed by atoms with Gasteiger partial charge in [0.25, 0.3) is 0 Å². The molecule has 0 atom stereocenters. The van der Waals surface area contributed by atoms with E-state index >= 15 is 0 Å². The van der Waals surface area contributed by atoms with E-state index < -0.39 is 0 Å². The van der Waals surface area contributed by atoms with Gasteiger partial charge in [-0.15, -0.1) is 0 Å². The molecule has 0 aliphatic carbocycles. The fraction of sp³-hybridized carbons (Fsp3) is 0.647. The second-order valence-corrected chi connectivity index (χ2v) is 5.21. The Labute approximate surface area is 142 Å². The summed E-state index contributed by atoms with van der Waals surface area (Å²) in [6.45, 7) is 5.37. The van der Waals surface area contributed by atoms with Gasteiger partial charge in [-0.3, -0.25) is 0 Å². The highest BCUT2D eigenvalue weighted by atomic mass is 16.6. The van der Waals surface area contributed by atoms with Crippen molar-refractivity contribution < 1.29 is 28.4 Å². The molecule has 0 unspecified atom stereocenters. The van der Waals surface area contributed by atoms with Crippen LogP contribution in [0.2, 0.25) is 0 Å². The Morgan fingerprint density at radius 3 is 1.71 bits per heavy atom. The highest BCUT2D eigenvalue weighted by Crippen LogP contribution is 2.29. The third-order valence-corrected chi connectivity index (χ3v) is 3.26. The van der Waals surface area contributed by atoms with Crippen molar-refractivity contribution in [2.24, 2.45) is 0 Å². The molecule has 0 bridgehead atoms. The lowest BCUT2D eigenvalue weighted by Gasteiger charge is -2.13. The van der Waals surface area contributed by atoms with E-state index in [0.717, 1.165) is 6.42 Å². The topological polar surface area (TPSA) is 81.4 Å². The molecule has 136 valence electrons. The molecule has 1 aromatic rings. The lowest BCUT2D eigenvalue weighted by molar-refractivity contribution is 0.0161. The zero-order valence-corrected chi connectivity index (χ0v) is 14.0. The fourth-order valence-corrected chi connectivity index (χ4v) is 2.08. The molecule has 0 spiro atoms. The number of anilines is 1. The summed E-state index contributed by atoms with van der Waals surface area (Å²) in [6.07, 6.45) is 0.864. The number of benzene rings is 1. The number of ether oxygens (including phenoxy) is 6. The third kappa shape index (κ3) is 7.83. The summed E-state index contributed by atoms with van der Waals surface area (Å²) in [6, 6.07) is 5.32. The Hall–Kier alpha value is -1.54. The van der Waals surface area contributed by atoms with Crippen LogP contribution in [-0.2, 0) is 18.9 Å². The summed E-state index contributed by atoms with van der Waals surface area (Å²) in [5, 5.41) is 0. The first-order valence-corrected chi connectivity index (χ1v) is 8.32. The van der Waals surface area contributed by atoms with Crippen molar-refractivity contribution in [3.8, 4) is 11.5 Å². The van der Waals surface area contributed by atoms with Crippen molar-refractivity contribution in [3.05, 3.63) is 18.2 Å². The van der Waals surface area contributed by atoms with Gasteiger partial charge in [-0.2, -0.15) is 0 Å². The predicted molar refractivity (Wildman–Crippen MR) is 89.7 cm³/mol. The van der Waals surface area contributed by atoms with Gasteiger partial charge in [0.2, 0.25) is 0 Å². The molecule has 2 rings (SSSR count). The van der Waals surface area contributed by atoms with E-state index in [1.54, 1.807) is 18.2 Å². The molecule has 7 nitrogen and oxygen atoms in total. The molecule has 1 aliphatic rings. The van der Waals surface area contributed by atoms with Crippen LogP contribution in [-0.4, -0.2) is 66.1 Å². The maximum Gasteiger partial charge on any atom is 0.163 e. The molecule has 0 aromatic heterocycles. The predicted octanol–water partition coefficient (Wildman–Crippen LogP) is 1.50. The van der Waals surface area contributed by atoms with Crippen LogP contribution in [0.15, 0.2) is 18.2 Å². The number of nitrogens with two attached hydrogens (primary N) is 1. The van der Waals surface area contributed by atoms with Crippen LogP contribution in [0.4, 0.5) is 5.69 Å². The first-order chi connectivity index (χ1) is 11.9. The van der Waals surface area contributed by atoms with Gasteiger partial charge >= 0.3 is 0 Å². The fourth-order valence-electron chi connectivity index (χ4n) is 2.08. The molecule has 1 heterocycles. The van der Waals surface area contributed by atoms with Crippen molar-refractivity contribution in [2.45, 2.75) is 6.42 Å². The molecule has 24 heavy (non-hydrogen) atoms. The van der Waals surface area contributed by atoms with Gasteiger partial charge in [-0.05, 0) is 18.6 Å². The maximum absolute atomic E-state index is 5.81.